The highest BCUT2D eigenvalue weighted by Gasteiger charge is 2.15. The zero-order chi connectivity index (χ0) is 16.5. The van der Waals surface area contributed by atoms with Crippen molar-refractivity contribution in [1.29, 1.82) is 0 Å². The molecule has 1 N–H and O–H groups in total. The third-order valence-corrected chi connectivity index (χ3v) is 4.59. The molecule has 1 saturated heterocycles. The number of benzene rings is 1. The molecule has 0 saturated carbocycles. The van der Waals surface area contributed by atoms with Crippen LogP contribution < -0.4 is 14.8 Å². The Hall–Kier alpha value is -0.820. The summed E-state index contributed by atoms with van der Waals surface area (Å²) >= 11 is 3.63. The molecule has 5 nitrogen and oxygen atoms in total. The van der Waals surface area contributed by atoms with Gasteiger partial charge in [-0.15, -0.1) is 0 Å². The Morgan fingerprint density at radius 1 is 1.30 bits per heavy atom. The predicted octanol–water partition coefficient (Wildman–Crippen LogP) is 2.67. The second-order valence-corrected chi connectivity index (χ2v) is 6.39. The highest BCUT2D eigenvalue weighted by atomic mass is 79.9. The van der Waals surface area contributed by atoms with Crippen molar-refractivity contribution < 1.29 is 14.2 Å². The number of nitrogens with one attached hydrogen (secondary N) is 1. The number of rotatable bonds is 9. The van der Waals surface area contributed by atoms with E-state index in [0.29, 0.717) is 6.61 Å². The van der Waals surface area contributed by atoms with Gasteiger partial charge >= 0.3 is 0 Å². The van der Waals surface area contributed by atoms with E-state index in [1.165, 1.54) is 0 Å². The van der Waals surface area contributed by atoms with Gasteiger partial charge in [-0.3, -0.25) is 4.90 Å². The van der Waals surface area contributed by atoms with Crippen LogP contribution in [0.15, 0.2) is 16.6 Å². The summed E-state index contributed by atoms with van der Waals surface area (Å²) in [4.78, 5) is 2.42. The van der Waals surface area contributed by atoms with Crippen LogP contribution in [0.2, 0.25) is 0 Å². The second-order valence-electron chi connectivity index (χ2n) is 5.54. The summed E-state index contributed by atoms with van der Waals surface area (Å²) in [7, 11) is 1.68. The number of methoxy groups -OCH3 is 1. The molecule has 130 valence electrons. The number of hydrogen-bond donors (Lipinski definition) is 1. The minimum atomic E-state index is 0.688. The molecule has 0 aromatic heterocycles. The van der Waals surface area contributed by atoms with Crippen molar-refractivity contribution >= 4 is 15.9 Å². The van der Waals surface area contributed by atoms with Crippen LogP contribution in [-0.4, -0.2) is 58.0 Å². The van der Waals surface area contributed by atoms with Crippen molar-refractivity contribution in [3.8, 4) is 11.5 Å². The van der Waals surface area contributed by atoms with Gasteiger partial charge in [-0.05, 0) is 18.6 Å². The highest BCUT2D eigenvalue weighted by Crippen LogP contribution is 2.36. The van der Waals surface area contributed by atoms with Crippen LogP contribution in [0.25, 0.3) is 0 Å². The maximum absolute atomic E-state index is 5.91. The molecule has 0 spiro atoms. The Morgan fingerprint density at radius 3 is 2.78 bits per heavy atom. The van der Waals surface area contributed by atoms with Gasteiger partial charge in [0, 0.05) is 42.8 Å². The van der Waals surface area contributed by atoms with E-state index in [1.54, 1.807) is 7.11 Å². The lowest BCUT2D eigenvalue weighted by Gasteiger charge is -2.26. The lowest BCUT2D eigenvalue weighted by Crippen LogP contribution is -2.40. The molecule has 1 aliphatic heterocycles. The van der Waals surface area contributed by atoms with Gasteiger partial charge in [0.15, 0.2) is 11.5 Å². The Bertz CT molecular complexity index is 479. The van der Waals surface area contributed by atoms with E-state index in [9.17, 15) is 0 Å². The molecule has 1 heterocycles. The van der Waals surface area contributed by atoms with Crippen molar-refractivity contribution in [3.63, 3.8) is 0 Å². The topological polar surface area (TPSA) is 43.0 Å². The molecule has 0 radical (unpaired) electrons. The smallest absolute Gasteiger partial charge is 0.166 e. The van der Waals surface area contributed by atoms with Crippen LogP contribution >= 0.6 is 15.9 Å². The largest absolute Gasteiger partial charge is 0.493 e. The average molecular weight is 387 g/mol. The third-order valence-electron chi connectivity index (χ3n) is 3.85. The first kappa shape index (κ1) is 18.5. The molecule has 6 heteroatoms. The predicted molar refractivity (Wildman–Crippen MR) is 95.4 cm³/mol. The van der Waals surface area contributed by atoms with Crippen molar-refractivity contribution in [2.75, 3.05) is 53.1 Å². The number of morpholine rings is 1. The van der Waals surface area contributed by atoms with Gasteiger partial charge in [0.25, 0.3) is 0 Å². The van der Waals surface area contributed by atoms with Crippen LogP contribution in [0.5, 0.6) is 11.5 Å². The lowest BCUT2D eigenvalue weighted by molar-refractivity contribution is 0.0384. The third kappa shape index (κ3) is 5.64. The van der Waals surface area contributed by atoms with E-state index in [2.05, 4.69) is 33.1 Å². The van der Waals surface area contributed by atoms with Crippen LogP contribution in [0.1, 0.15) is 18.9 Å². The van der Waals surface area contributed by atoms with Crippen LogP contribution in [-0.2, 0) is 11.3 Å². The first-order valence-corrected chi connectivity index (χ1v) is 9.04. The van der Waals surface area contributed by atoms with Crippen molar-refractivity contribution in [2.45, 2.75) is 19.9 Å². The number of halogens is 1. The fraction of sp³-hybridized carbons (Fsp3) is 0.647. The van der Waals surface area contributed by atoms with Crippen LogP contribution in [0.3, 0.4) is 0 Å². The van der Waals surface area contributed by atoms with Gasteiger partial charge in [0.2, 0.25) is 0 Å². The number of hydrogen-bond acceptors (Lipinski definition) is 5. The normalized spacial score (nSPS) is 15.6. The fourth-order valence-corrected chi connectivity index (χ4v) is 3.00. The van der Waals surface area contributed by atoms with Gasteiger partial charge in [0.1, 0.15) is 0 Å². The Morgan fingerprint density at radius 2 is 2.09 bits per heavy atom. The first-order valence-electron chi connectivity index (χ1n) is 8.25. The Kier molecular flexibility index (Phi) is 8.16. The molecule has 0 aliphatic carbocycles. The van der Waals surface area contributed by atoms with Crippen molar-refractivity contribution in [2.24, 2.45) is 0 Å². The summed E-state index contributed by atoms with van der Waals surface area (Å²) < 4.78 is 17.8. The molecule has 0 unspecified atom stereocenters. The first-order chi connectivity index (χ1) is 11.3. The summed E-state index contributed by atoms with van der Waals surface area (Å²) in [5.41, 5.74) is 1.11. The highest BCUT2D eigenvalue weighted by molar-refractivity contribution is 9.10. The molecular formula is C17H27BrN2O3. The number of nitrogens with zero attached hydrogens (tertiary/aromatic N) is 1. The van der Waals surface area contributed by atoms with Crippen LogP contribution in [0.4, 0.5) is 0 Å². The summed E-state index contributed by atoms with van der Waals surface area (Å²) in [6.07, 6.45) is 0.972. The maximum Gasteiger partial charge on any atom is 0.166 e. The Labute approximate surface area is 147 Å². The molecule has 1 aromatic carbocycles. The fourth-order valence-electron chi connectivity index (χ4n) is 2.55. The molecule has 1 aromatic rings. The zero-order valence-corrected chi connectivity index (χ0v) is 15.7. The van der Waals surface area contributed by atoms with Gasteiger partial charge in [-0.1, -0.05) is 22.9 Å². The van der Waals surface area contributed by atoms with E-state index in [1.807, 2.05) is 12.1 Å². The average Bonchev–Trinajstić information content (AvgIpc) is 2.59. The van der Waals surface area contributed by atoms with E-state index in [4.69, 9.17) is 14.2 Å². The van der Waals surface area contributed by atoms with E-state index < -0.39 is 0 Å². The standard InChI is InChI=1S/C17H27BrN2O3/c1-3-10-23-17-14(15(18)4-5-16(17)21-2)13-19-6-7-20-8-11-22-12-9-20/h4-5,19H,3,6-13H2,1-2H3. The lowest BCUT2D eigenvalue weighted by atomic mass is 10.2. The summed E-state index contributed by atoms with van der Waals surface area (Å²) in [6.45, 7) is 9.25. The second kappa shape index (κ2) is 10.1. The molecule has 0 amide bonds. The molecule has 0 bridgehead atoms. The molecule has 1 aliphatic rings. The molecular weight excluding hydrogens is 360 g/mol. The van der Waals surface area contributed by atoms with Gasteiger partial charge < -0.3 is 19.5 Å². The monoisotopic (exact) mass is 386 g/mol. The molecule has 0 atom stereocenters. The van der Waals surface area contributed by atoms with Gasteiger partial charge in [0.05, 0.1) is 26.9 Å². The quantitative estimate of drug-likeness (QED) is 0.660. The number of ether oxygens (including phenoxy) is 3. The summed E-state index contributed by atoms with van der Waals surface area (Å²) in [5.74, 6) is 1.62. The van der Waals surface area contributed by atoms with Crippen molar-refractivity contribution in [3.05, 3.63) is 22.2 Å². The van der Waals surface area contributed by atoms with Crippen molar-refractivity contribution in [1.82, 2.24) is 10.2 Å². The zero-order valence-electron chi connectivity index (χ0n) is 14.1. The molecule has 2 rings (SSSR count). The van der Waals surface area contributed by atoms with Gasteiger partial charge in [-0.2, -0.15) is 0 Å². The summed E-state index contributed by atoms with van der Waals surface area (Å²) in [6, 6.07) is 3.95. The Balaban J connectivity index is 1.91. The van der Waals surface area contributed by atoms with Gasteiger partial charge in [-0.25, -0.2) is 0 Å². The van der Waals surface area contributed by atoms with E-state index >= 15 is 0 Å². The molecule has 1 fully saturated rings. The minimum absolute atomic E-state index is 0.688. The molecule has 23 heavy (non-hydrogen) atoms. The van der Waals surface area contributed by atoms with E-state index in [-0.39, 0.29) is 0 Å². The maximum atomic E-state index is 5.91. The minimum Gasteiger partial charge on any atom is -0.493 e. The van der Waals surface area contributed by atoms with E-state index in [0.717, 1.165) is 73.9 Å². The SMILES string of the molecule is CCCOc1c(OC)ccc(Br)c1CNCCN1CCOCC1. The summed E-state index contributed by atoms with van der Waals surface area (Å²) in [5, 5.41) is 3.51. The van der Waals surface area contributed by atoms with Crippen LogP contribution in [0, 0.1) is 0 Å².